The molecule has 0 aliphatic heterocycles. The van der Waals surface area contributed by atoms with Crippen molar-refractivity contribution >= 4 is 58.3 Å². The standard InChI is InChI=1S/C7H14N2S4.2Na/c1-8(6(10)11)4-3-5-9(2)7(12)13;;/h3-5H2,1-2H3,(H,10,11)(H,12,13);;/q;2*+1/p-2. The van der Waals surface area contributed by atoms with Crippen LogP contribution in [0, 0.1) is 0 Å². The first-order valence-corrected chi connectivity index (χ1v) is 5.42. The number of thiocarbonyl (C=S) groups is 2. The Morgan fingerprint density at radius 2 is 1.20 bits per heavy atom. The first-order valence-electron chi connectivity index (χ1n) is 3.79. The number of hydrogen-bond acceptors (Lipinski definition) is 4. The summed E-state index contributed by atoms with van der Waals surface area (Å²) in [4.78, 5) is 3.73. The van der Waals surface area contributed by atoms with E-state index in [0.717, 1.165) is 19.5 Å². The second-order valence-electron chi connectivity index (χ2n) is 2.73. The van der Waals surface area contributed by atoms with E-state index in [9.17, 15) is 0 Å². The summed E-state index contributed by atoms with van der Waals surface area (Å²) in [7, 11) is 3.78. The van der Waals surface area contributed by atoms with Crippen molar-refractivity contribution in [3.63, 3.8) is 0 Å². The maximum atomic E-state index is 4.83. The molecule has 0 atom stereocenters. The van der Waals surface area contributed by atoms with Crippen LogP contribution in [0.5, 0.6) is 0 Å². The van der Waals surface area contributed by atoms with E-state index in [1.165, 1.54) is 0 Å². The SMILES string of the molecule is CN(CCCN(C)C(=S)[S-])C(=S)[S-].[Na+].[Na+]. The Balaban J connectivity index is -0.000000720. The second kappa shape index (κ2) is 12.7. The largest absolute Gasteiger partial charge is 1.00 e. The summed E-state index contributed by atoms with van der Waals surface area (Å²) < 4.78 is 1.01. The van der Waals surface area contributed by atoms with Gasteiger partial charge in [-0.3, -0.25) is 0 Å². The first kappa shape index (κ1) is 22.4. The van der Waals surface area contributed by atoms with Crippen LogP contribution in [0.2, 0.25) is 0 Å². The molecule has 0 unspecified atom stereocenters. The molecule has 0 saturated heterocycles. The van der Waals surface area contributed by atoms with Crippen LogP contribution < -0.4 is 59.1 Å². The van der Waals surface area contributed by atoms with Crippen LogP contribution in [-0.2, 0) is 25.3 Å². The van der Waals surface area contributed by atoms with Gasteiger partial charge in [0, 0.05) is 27.2 Å². The first-order chi connectivity index (χ1) is 5.95. The summed E-state index contributed by atoms with van der Waals surface area (Å²) in [5, 5.41) is 0. The van der Waals surface area contributed by atoms with Crippen LogP contribution in [0.4, 0.5) is 0 Å². The van der Waals surface area contributed by atoms with Crippen LogP contribution in [0.3, 0.4) is 0 Å². The van der Waals surface area contributed by atoms with Gasteiger partial charge in [0.25, 0.3) is 0 Å². The van der Waals surface area contributed by atoms with Crippen LogP contribution in [0.25, 0.3) is 0 Å². The van der Waals surface area contributed by atoms with Crippen molar-refractivity contribution in [1.82, 2.24) is 9.80 Å². The predicted octanol–water partition coefficient (Wildman–Crippen LogP) is -5.09. The number of rotatable bonds is 4. The van der Waals surface area contributed by atoms with E-state index in [1.807, 2.05) is 23.9 Å². The van der Waals surface area contributed by atoms with Crippen molar-refractivity contribution in [1.29, 1.82) is 0 Å². The minimum absolute atomic E-state index is 0. The Morgan fingerprint density at radius 1 is 0.933 bits per heavy atom. The van der Waals surface area contributed by atoms with Crippen molar-refractivity contribution < 1.29 is 59.1 Å². The number of hydrogen-bond donors (Lipinski definition) is 0. The molecule has 0 saturated carbocycles. The fraction of sp³-hybridized carbons (Fsp3) is 0.714. The normalized spacial score (nSPS) is 8.13. The summed E-state index contributed by atoms with van der Waals surface area (Å²) >= 11 is 19.3. The van der Waals surface area contributed by atoms with E-state index in [2.05, 4.69) is 0 Å². The average molecular weight is 298 g/mol. The van der Waals surface area contributed by atoms with E-state index in [4.69, 9.17) is 49.7 Å². The zero-order valence-corrected chi connectivity index (χ0v) is 16.9. The minimum Gasteiger partial charge on any atom is -0.411 e. The molecule has 15 heavy (non-hydrogen) atoms. The molecule has 0 aliphatic rings. The van der Waals surface area contributed by atoms with Gasteiger partial charge in [-0.25, -0.2) is 0 Å². The molecule has 0 N–H and O–H groups in total. The molecule has 0 aromatic carbocycles. The Hall–Kier alpha value is 2.22. The predicted molar refractivity (Wildman–Crippen MR) is 69.8 cm³/mol. The molecule has 0 aromatic rings. The molecule has 0 aromatic heterocycles. The Labute approximate surface area is 158 Å². The van der Waals surface area contributed by atoms with E-state index < -0.39 is 0 Å². The van der Waals surface area contributed by atoms with Gasteiger partial charge in [-0.15, -0.1) is 0 Å². The molecule has 0 aliphatic carbocycles. The third kappa shape index (κ3) is 12.5. The van der Waals surface area contributed by atoms with Gasteiger partial charge in [-0.2, -0.15) is 0 Å². The fourth-order valence-corrected chi connectivity index (χ4v) is 1.09. The smallest absolute Gasteiger partial charge is 0.411 e. The summed E-state index contributed by atoms with van der Waals surface area (Å²) in [6.07, 6.45) is 0.959. The molecule has 0 heterocycles. The minimum atomic E-state index is 0. The third-order valence-corrected chi connectivity index (χ3v) is 2.86. The van der Waals surface area contributed by atoms with Crippen molar-refractivity contribution in [2.75, 3.05) is 27.2 Å². The topological polar surface area (TPSA) is 6.48 Å². The third-order valence-electron chi connectivity index (χ3n) is 1.61. The van der Waals surface area contributed by atoms with Crippen molar-refractivity contribution in [2.45, 2.75) is 6.42 Å². The van der Waals surface area contributed by atoms with Gasteiger partial charge < -0.3 is 59.5 Å². The zero-order chi connectivity index (χ0) is 10.4. The van der Waals surface area contributed by atoms with E-state index in [-0.39, 0.29) is 59.1 Å². The van der Waals surface area contributed by atoms with Crippen molar-refractivity contribution in [3.05, 3.63) is 0 Å². The summed E-state index contributed by atoms with van der Waals surface area (Å²) in [5.74, 6) is 0. The average Bonchev–Trinajstić information content (AvgIpc) is 2.03. The molecule has 0 rings (SSSR count). The molecule has 0 amide bonds. The van der Waals surface area contributed by atoms with Gasteiger partial charge in [-0.05, 0) is 6.42 Å². The van der Waals surface area contributed by atoms with E-state index in [1.54, 1.807) is 0 Å². The van der Waals surface area contributed by atoms with Crippen LogP contribution in [-0.4, -0.2) is 45.6 Å². The Bertz CT molecular complexity index is 183. The Morgan fingerprint density at radius 3 is 1.40 bits per heavy atom. The van der Waals surface area contributed by atoms with Crippen LogP contribution in [0.15, 0.2) is 0 Å². The van der Waals surface area contributed by atoms with Crippen LogP contribution >= 0.6 is 24.4 Å². The van der Waals surface area contributed by atoms with Crippen molar-refractivity contribution in [3.8, 4) is 0 Å². The van der Waals surface area contributed by atoms with E-state index >= 15 is 0 Å². The fourth-order valence-electron chi connectivity index (χ4n) is 0.728. The summed E-state index contributed by atoms with van der Waals surface area (Å²) in [6, 6.07) is 0. The molecule has 0 radical (unpaired) electrons. The maximum Gasteiger partial charge on any atom is 1.00 e. The molecular weight excluding hydrogens is 286 g/mol. The van der Waals surface area contributed by atoms with Gasteiger partial charge >= 0.3 is 59.1 Å². The Kier molecular flexibility index (Phi) is 18.9. The molecule has 76 valence electrons. The number of nitrogens with zero attached hydrogens (tertiary/aromatic N) is 2. The molecule has 0 fully saturated rings. The van der Waals surface area contributed by atoms with Gasteiger partial charge in [0.1, 0.15) is 0 Å². The van der Waals surface area contributed by atoms with Gasteiger partial charge in [0.2, 0.25) is 0 Å². The molecule has 2 nitrogen and oxygen atoms in total. The quantitative estimate of drug-likeness (QED) is 0.289. The second-order valence-corrected chi connectivity index (χ2v) is 4.79. The molecule has 0 spiro atoms. The van der Waals surface area contributed by atoms with Gasteiger partial charge in [-0.1, -0.05) is 8.64 Å². The van der Waals surface area contributed by atoms with Gasteiger partial charge in [0.05, 0.1) is 0 Å². The molecule has 0 bridgehead atoms. The molecular formula is C7H12N2Na2S4. The summed E-state index contributed by atoms with van der Waals surface area (Å²) in [6.45, 7) is 1.70. The van der Waals surface area contributed by atoms with Crippen molar-refractivity contribution in [2.24, 2.45) is 0 Å². The zero-order valence-electron chi connectivity index (χ0n) is 9.65. The summed E-state index contributed by atoms with van der Waals surface area (Å²) in [5.41, 5.74) is 0. The van der Waals surface area contributed by atoms with Crippen LogP contribution in [0.1, 0.15) is 6.42 Å². The maximum absolute atomic E-state index is 4.83. The van der Waals surface area contributed by atoms with E-state index in [0.29, 0.717) is 8.64 Å². The monoisotopic (exact) mass is 298 g/mol. The molecule has 8 heteroatoms. The van der Waals surface area contributed by atoms with Gasteiger partial charge in [0.15, 0.2) is 0 Å².